The van der Waals surface area contributed by atoms with Crippen LogP contribution in [-0.4, -0.2) is 20.6 Å². The van der Waals surface area contributed by atoms with Crippen LogP contribution in [0.25, 0.3) is 17.1 Å². The van der Waals surface area contributed by atoms with E-state index in [9.17, 15) is 19.3 Å². The van der Waals surface area contributed by atoms with Gasteiger partial charge in [0.05, 0.1) is 10.6 Å². The number of aryl methyl sites for hydroxylation is 1. The number of non-ortho nitro benzene ring substituents is 1. The van der Waals surface area contributed by atoms with Crippen molar-refractivity contribution in [3.05, 3.63) is 99.7 Å². The van der Waals surface area contributed by atoms with E-state index >= 15 is 0 Å². The number of nitro benzene ring substituents is 1. The second-order valence-electron chi connectivity index (χ2n) is 6.82. The number of carbonyl (C=O) groups excluding carboxylic acids is 1. The highest BCUT2D eigenvalue weighted by Crippen LogP contribution is 2.25. The molecule has 156 valence electrons. The molecule has 8 nitrogen and oxygen atoms in total. The van der Waals surface area contributed by atoms with Crippen LogP contribution in [-0.2, 0) is 6.54 Å². The Bertz CT molecular complexity index is 1260. The van der Waals surface area contributed by atoms with E-state index in [2.05, 4.69) is 10.4 Å². The van der Waals surface area contributed by atoms with Gasteiger partial charge in [0.15, 0.2) is 5.76 Å². The van der Waals surface area contributed by atoms with E-state index in [1.165, 1.54) is 35.0 Å². The van der Waals surface area contributed by atoms with Gasteiger partial charge < -0.3 is 9.73 Å². The molecule has 2 aromatic carbocycles. The second kappa shape index (κ2) is 8.23. The van der Waals surface area contributed by atoms with Gasteiger partial charge in [-0.3, -0.25) is 14.9 Å². The maximum Gasteiger partial charge on any atom is 0.271 e. The summed E-state index contributed by atoms with van der Waals surface area (Å²) in [5.41, 5.74) is 1.54. The number of nitro groups is 1. The normalized spacial score (nSPS) is 10.8. The van der Waals surface area contributed by atoms with Crippen LogP contribution in [0.5, 0.6) is 0 Å². The molecular formula is C22H17FN4O4. The van der Waals surface area contributed by atoms with Crippen molar-refractivity contribution in [3.63, 3.8) is 0 Å². The van der Waals surface area contributed by atoms with Crippen LogP contribution in [0.4, 0.5) is 10.1 Å². The van der Waals surface area contributed by atoms with Gasteiger partial charge in [0.25, 0.3) is 11.6 Å². The van der Waals surface area contributed by atoms with E-state index in [-0.39, 0.29) is 23.7 Å². The van der Waals surface area contributed by atoms with E-state index in [1.807, 2.05) is 0 Å². The maximum absolute atomic E-state index is 13.1. The third kappa shape index (κ3) is 4.35. The zero-order valence-corrected chi connectivity index (χ0v) is 16.4. The molecule has 0 aliphatic carbocycles. The number of rotatable bonds is 6. The summed E-state index contributed by atoms with van der Waals surface area (Å²) in [7, 11) is 0. The molecule has 0 atom stereocenters. The molecule has 9 heteroatoms. The first-order valence-electron chi connectivity index (χ1n) is 9.35. The Morgan fingerprint density at radius 3 is 2.61 bits per heavy atom. The molecule has 1 N–H and O–H groups in total. The predicted octanol–water partition coefficient (Wildman–Crippen LogP) is 4.42. The van der Waals surface area contributed by atoms with E-state index in [0.717, 1.165) is 5.56 Å². The molecule has 0 aliphatic heterocycles. The second-order valence-corrected chi connectivity index (χ2v) is 6.82. The van der Waals surface area contributed by atoms with Crippen LogP contribution in [0.3, 0.4) is 0 Å². The van der Waals surface area contributed by atoms with Crippen LogP contribution in [0.15, 0.2) is 71.1 Å². The number of hydrogen-bond donors (Lipinski definition) is 1. The fourth-order valence-electron chi connectivity index (χ4n) is 3.05. The topological polar surface area (TPSA) is 103 Å². The molecule has 0 aliphatic rings. The Kier molecular flexibility index (Phi) is 5.31. The Hall–Kier alpha value is -4.27. The highest BCUT2D eigenvalue weighted by Gasteiger charge is 2.20. The van der Waals surface area contributed by atoms with Gasteiger partial charge in [-0.1, -0.05) is 18.2 Å². The number of aromatic nitrogens is 2. The van der Waals surface area contributed by atoms with Crippen LogP contribution in [0.1, 0.15) is 21.8 Å². The number of halogens is 1. The van der Waals surface area contributed by atoms with Gasteiger partial charge >= 0.3 is 0 Å². The maximum atomic E-state index is 13.1. The minimum Gasteiger partial charge on any atom is -0.460 e. The molecule has 0 saturated heterocycles. The standard InChI is InChI=1S/C22H17FN4O4/c1-14-5-10-21(31-14)19-12-20(22(28)24-13-15-6-8-16(23)9-7-15)26(25-19)17-3-2-4-18(11-17)27(29)30/h2-12H,13H2,1H3,(H,24,28). The minimum atomic E-state index is -0.516. The van der Waals surface area contributed by atoms with Gasteiger partial charge in [-0.25, -0.2) is 9.07 Å². The smallest absolute Gasteiger partial charge is 0.271 e. The summed E-state index contributed by atoms with van der Waals surface area (Å²) in [6, 6.07) is 16.7. The lowest BCUT2D eigenvalue weighted by molar-refractivity contribution is -0.384. The zero-order chi connectivity index (χ0) is 22.0. The summed E-state index contributed by atoms with van der Waals surface area (Å²) in [5, 5.41) is 18.4. The summed E-state index contributed by atoms with van der Waals surface area (Å²) in [4.78, 5) is 23.6. The van der Waals surface area contributed by atoms with Crippen molar-refractivity contribution < 1.29 is 18.5 Å². The predicted molar refractivity (Wildman–Crippen MR) is 110 cm³/mol. The molecule has 4 aromatic rings. The van der Waals surface area contributed by atoms with Crippen molar-refractivity contribution in [2.75, 3.05) is 0 Å². The van der Waals surface area contributed by atoms with Crippen molar-refractivity contribution in [3.8, 4) is 17.1 Å². The van der Waals surface area contributed by atoms with E-state index in [4.69, 9.17) is 4.42 Å². The summed E-state index contributed by atoms with van der Waals surface area (Å²) in [6.45, 7) is 1.96. The van der Waals surface area contributed by atoms with Crippen LogP contribution in [0.2, 0.25) is 0 Å². The molecular weight excluding hydrogens is 403 g/mol. The highest BCUT2D eigenvalue weighted by molar-refractivity contribution is 5.94. The molecule has 2 aromatic heterocycles. The summed E-state index contributed by atoms with van der Waals surface area (Å²) < 4.78 is 20.0. The molecule has 0 fully saturated rings. The Labute approximate surface area is 176 Å². The van der Waals surface area contributed by atoms with Gasteiger partial charge in [-0.2, -0.15) is 5.10 Å². The number of nitrogens with one attached hydrogen (secondary N) is 1. The highest BCUT2D eigenvalue weighted by atomic mass is 19.1. The monoisotopic (exact) mass is 420 g/mol. The fraction of sp³-hybridized carbons (Fsp3) is 0.0909. The lowest BCUT2D eigenvalue weighted by Crippen LogP contribution is -2.25. The molecule has 0 unspecified atom stereocenters. The molecule has 0 radical (unpaired) electrons. The average Bonchev–Trinajstić information content (AvgIpc) is 3.40. The van der Waals surface area contributed by atoms with E-state index < -0.39 is 10.8 Å². The van der Waals surface area contributed by atoms with Gasteiger partial charge in [0, 0.05) is 24.7 Å². The molecule has 1 amide bonds. The lowest BCUT2D eigenvalue weighted by atomic mass is 10.2. The SMILES string of the molecule is Cc1ccc(-c2cc(C(=O)NCc3ccc(F)cc3)n(-c3cccc([N+](=O)[O-])c3)n2)o1. The van der Waals surface area contributed by atoms with Gasteiger partial charge in [0.1, 0.15) is 23.0 Å². The average molecular weight is 420 g/mol. The Morgan fingerprint density at radius 2 is 1.94 bits per heavy atom. The van der Waals surface area contributed by atoms with Crippen LogP contribution >= 0.6 is 0 Å². The molecule has 0 spiro atoms. The first-order chi connectivity index (χ1) is 14.9. The van der Waals surface area contributed by atoms with Gasteiger partial charge in [-0.05, 0) is 42.8 Å². The van der Waals surface area contributed by atoms with Gasteiger partial charge in [0.2, 0.25) is 0 Å². The van der Waals surface area contributed by atoms with Gasteiger partial charge in [-0.15, -0.1) is 0 Å². The van der Waals surface area contributed by atoms with Crippen molar-refractivity contribution in [2.24, 2.45) is 0 Å². The lowest BCUT2D eigenvalue weighted by Gasteiger charge is -2.08. The van der Waals surface area contributed by atoms with Crippen molar-refractivity contribution in [1.82, 2.24) is 15.1 Å². The minimum absolute atomic E-state index is 0.124. The molecule has 4 rings (SSSR count). The van der Waals surface area contributed by atoms with Crippen LogP contribution in [0, 0.1) is 22.9 Å². The van der Waals surface area contributed by atoms with Crippen molar-refractivity contribution >= 4 is 11.6 Å². The summed E-state index contributed by atoms with van der Waals surface area (Å²) >= 11 is 0. The van der Waals surface area contributed by atoms with Crippen molar-refractivity contribution in [2.45, 2.75) is 13.5 Å². The fourth-order valence-corrected chi connectivity index (χ4v) is 3.05. The number of nitrogens with zero attached hydrogens (tertiary/aromatic N) is 3. The Morgan fingerprint density at radius 1 is 1.16 bits per heavy atom. The summed E-state index contributed by atoms with van der Waals surface area (Å²) in [5.74, 6) is 0.339. The first-order valence-corrected chi connectivity index (χ1v) is 9.35. The largest absolute Gasteiger partial charge is 0.460 e. The molecule has 2 heterocycles. The molecule has 31 heavy (non-hydrogen) atoms. The number of furan rings is 1. The number of benzene rings is 2. The Balaban J connectivity index is 1.70. The quantitative estimate of drug-likeness (QED) is 0.367. The summed E-state index contributed by atoms with van der Waals surface area (Å²) in [6.07, 6.45) is 0. The van der Waals surface area contributed by atoms with Crippen LogP contribution < -0.4 is 5.32 Å². The third-order valence-corrected chi connectivity index (χ3v) is 4.59. The molecule has 0 bridgehead atoms. The first kappa shape index (κ1) is 20.0. The molecule has 0 saturated carbocycles. The van der Waals surface area contributed by atoms with E-state index in [1.54, 1.807) is 43.3 Å². The number of hydrogen-bond acceptors (Lipinski definition) is 5. The third-order valence-electron chi connectivity index (χ3n) is 4.59. The number of carbonyl (C=O) groups is 1. The van der Waals surface area contributed by atoms with Crippen molar-refractivity contribution in [1.29, 1.82) is 0 Å². The van der Waals surface area contributed by atoms with E-state index in [0.29, 0.717) is 22.9 Å². The zero-order valence-electron chi connectivity index (χ0n) is 16.4. The number of amides is 1.